The van der Waals surface area contributed by atoms with Gasteiger partial charge in [-0.3, -0.25) is 4.79 Å². The van der Waals surface area contributed by atoms with Gasteiger partial charge in [0.2, 0.25) is 0 Å². The molecular weight excluding hydrogens is 387 g/mol. The molecule has 1 amide bonds. The van der Waals surface area contributed by atoms with Crippen molar-refractivity contribution in [3.63, 3.8) is 0 Å². The first-order valence-electron chi connectivity index (χ1n) is 8.15. The van der Waals surface area contributed by atoms with E-state index in [0.717, 1.165) is 10.9 Å². The number of ether oxygens (including phenoxy) is 1. The Hall–Kier alpha value is -2.63. The number of halogens is 2. The van der Waals surface area contributed by atoms with E-state index in [0.29, 0.717) is 22.1 Å². The maximum Gasteiger partial charge on any atom is 0.357 e. The van der Waals surface area contributed by atoms with Gasteiger partial charge in [0, 0.05) is 19.0 Å². The summed E-state index contributed by atoms with van der Waals surface area (Å²) in [6.07, 6.45) is 0. The van der Waals surface area contributed by atoms with Crippen LogP contribution >= 0.6 is 23.2 Å². The first kappa shape index (κ1) is 19.1. The second kappa shape index (κ2) is 8.37. The average molecular weight is 403 g/mol. The van der Waals surface area contributed by atoms with Crippen LogP contribution < -0.4 is 0 Å². The zero-order valence-electron chi connectivity index (χ0n) is 14.5. The standard InChI is InChI=1S/C20H16Cl2N2O3/c1-24(11-13-6-8-15(21)16(22)10-13)19(25)12-27-20(26)18-9-7-14-4-2-3-5-17(14)23-18/h2-10H,11-12H2,1H3. The molecule has 0 atom stereocenters. The normalized spacial score (nSPS) is 10.6. The van der Waals surface area contributed by atoms with E-state index < -0.39 is 5.97 Å². The van der Waals surface area contributed by atoms with Crippen LogP contribution in [0.2, 0.25) is 10.0 Å². The number of fused-ring (bicyclic) bond motifs is 1. The number of nitrogens with zero attached hydrogens (tertiary/aromatic N) is 2. The van der Waals surface area contributed by atoms with Crippen molar-refractivity contribution in [2.45, 2.75) is 6.54 Å². The molecule has 3 rings (SSSR count). The van der Waals surface area contributed by atoms with E-state index in [1.165, 1.54) is 4.90 Å². The predicted molar refractivity (Wildman–Crippen MR) is 105 cm³/mol. The minimum Gasteiger partial charge on any atom is -0.451 e. The highest BCUT2D eigenvalue weighted by molar-refractivity contribution is 6.42. The number of esters is 1. The smallest absolute Gasteiger partial charge is 0.357 e. The molecule has 2 aromatic carbocycles. The summed E-state index contributed by atoms with van der Waals surface area (Å²) in [5.41, 5.74) is 1.67. The number of hydrogen-bond donors (Lipinski definition) is 0. The molecule has 7 heteroatoms. The summed E-state index contributed by atoms with van der Waals surface area (Å²) >= 11 is 11.9. The van der Waals surface area contributed by atoms with Gasteiger partial charge in [-0.15, -0.1) is 0 Å². The van der Waals surface area contributed by atoms with Gasteiger partial charge < -0.3 is 9.64 Å². The van der Waals surface area contributed by atoms with Gasteiger partial charge >= 0.3 is 5.97 Å². The Kier molecular flexibility index (Phi) is 5.94. The largest absolute Gasteiger partial charge is 0.451 e. The number of hydrogen-bond acceptors (Lipinski definition) is 4. The molecule has 0 aliphatic carbocycles. The van der Waals surface area contributed by atoms with Crippen molar-refractivity contribution < 1.29 is 14.3 Å². The molecule has 0 aliphatic rings. The van der Waals surface area contributed by atoms with E-state index in [-0.39, 0.29) is 18.2 Å². The number of aromatic nitrogens is 1. The topological polar surface area (TPSA) is 59.5 Å². The number of carbonyl (C=O) groups is 2. The van der Waals surface area contributed by atoms with Crippen molar-refractivity contribution in [2.75, 3.05) is 13.7 Å². The Balaban J connectivity index is 1.58. The van der Waals surface area contributed by atoms with Crippen molar-refractivity contribution >= 4 is 46.0 Å². The lowest BCUT2D eigenvalue weighted by Crippen LogP contribution is -2.31. The van der Waals surface area contributed by atoms with E-state index in [2.05, 4.69) is 4.98 Å². The monoisotopic (exact) mass is 402 g/mol. The van der Waals surface area contributed by atoms with Crippen molar-refractivity contribution in [3.05, 3.63) is 75.9 Å². The Morgan fingerprint density at radius 3 is 2.59 bits per heavy atom. The second-order valence-electron chi connectivity index (χ2n) is 5.96. The zero-order valence-corrected chi connectivity index (χ0v) is 16.0. The predicted octanol–water partition coefficient (Wildman–Crippen LogP) is 4.36. The van der Waals surface area contributed by atoms with Crippen LogP contribution in [0.1, 0.15) is 16.1 Å². The van der Waals surface area contributed by atoms with Crippen LogP contribution in [0.15, 0.2) is 54.6 Å². The lowest BCUT2D eigenvalue weighted by Gasteiger charge is -2.17. The van der Waals surface area contributed by atoms with Crippen LogP contribution in [0.3, 0.4) is 0 Å². The molecule has 0 N–H and O–H groups in total. The molecule has 3 aromatic rings. The first-order valence-corrected chi connectivity index (χ1v) is 8.90. The molecule has 0 bridgehead atoms. The summed E-state index contributed by atoms with van der Waals surface area (Å²) in [5.74, 6) is -0.979. The molecule has 0 radical (unpaired) electrons. The number of rotatable bonds is 5. The molecule has 0 aliphatic heterocycles. The molecule has 138 valence electrons. The van der Waals surface area contributed by atoms with Gasteiger partial charge in [-0.2, -0.15) is 0 Å². The number of likely N-dealkylation sites (N-methyl/N-ethyl adjacent to an activating group) is 1. The summed E-state index contributed by atoms with van der Waals surface area (Å²) in [4.78, 5) is 30.1. The number of amides is 1. The average Bonchev–Trinajstić information content (AvgIpc) is 2.68. The number of para-hydroxylation sites is 1. The second-order valence-corrected chi connectivity index (χ2v) is 6.78. The molecule has 1 aromatic heterocycles. The fourth-order valence-electron chi connectivity index (χ4n) is 2.49. The summed E-state index contributed by atoms with van der Waals surface area (Å²) in [5, 5.41) is 1.79. The minimum absolute atomic E-state index is 0.161. The third kappa shape index (κ3) is 4.76. The maximum absolute atomic E-state index is 12.2. The van der Waals surface area contributed by atoms with Crippen LogP contribution in [-0.4, -0.2) is 35.4 Å². The van der Waals surface area contributed by atoms with Crippen LogP contribution in [0.25, 0.3) is 10.9 Å². The van der Waals surface area contributed by atoms with Crippen molar-refractivity contribution in [1.82, 2.24) is 9.88 Å². The highest BCUT2D eigenvalue weighted by atomic mass is 35.5. The molecule has 27 heavy (non-hydrogen) atoms. The van der Waals surface area contributed by atoms with Gasteiger partial charge in [0.1, 0.15) is 5.69 Å². The van der Waals surface area contributed by atoms with E-state index in [1.54, 1.807) is 37.4 Å². The number of carbonyl (C=O) groups excluding carboxylic acids is 2. The third-order valence-corrected chi connectivity index (χ3v) is 4.70. The van der Waals surface area contributed by atoms with Gasteiger partial charge in [-0.25, -0.2) is 9.78 Å². The van der Waals surface area contributed by atoms with Crippen molar-refractivity contribution in [1.29, 1.82) is 0 Å². The van der Waals surface area contributed by atoms with Gasteiger partial charge in [-0.05, 0) is 29.8 Å². The lowest BCUT2D eigenvalue weighted by molar-refractivity contribution is -0.133. The fourth-order valence-corrected chi connectivity index (χ4v) is 2.81. The van der Waals surface area contributed by atoms with Crippen LogP contribution in [0.5, 0.6) is 0 Å². The molecule has 0 saturated carbocycles. The molecule has 5 nitrogen and oxygen atoms in total. The number of benzene rings is 2. The summed E-state index contributed by atoms with van der Waals surface area (Å²) in [6.45, 7) is -0.0489. The van der Waals surface area contributed by atoms with E-state index in [9.17, 15) is 9.59 Å². The van der Waals surface area contributed by atoms with E-state index >= 15 is 0 Å². The SMILES string of the molecule is CN(Cc1ccc(Cl)c(Cl)c1)C(=O)COC(=O)c1ccc2ccccc2n1. The summed E-state index contributed by atoms with van der Waals surface area (Å²) in [7, 11) is 1.62. The van der Waals surface area contributed by atoms with E-state index in [4.69, 9.17) is 27.9 Å². The van der Waals surface area contributed by atoms with Gasteiger partial charge in [-0.1, -0.05) is 53.5 Å². The highest BCUT2D eigenvalue weighted by Gasteiger charge is 2.15. The van der Waals surface area contributed by atoms with Gasteiger partial charge in [0.25, 0.3) is 5.91 Å². The Morgan fingerprint density at radius 2 is 1.81 bits per heavy atom. The van der Waals surface area contributed by atoms with Crippen LogP contribution in [0.4, 0.5) is 0 Å². The van der Waals surface area contributed by atoms with Crippen LogP contribution in [0, 0.1) is 0 Å². The van der Waals surface area contributed by atoms with Gasteiger partial charge in [0.05, 0.1) is 15.6 Å². The Bertz CT molecular complexity index is 1010. The van der Waals surface area contributed by atoms with Gasteiger partial charge in [0.15, 0.2) is 6.61 Å². The number of pyridine rings is 1. The summed E-state index contributed by atoms with van der Waals surface area (Å²) < 4.78 is 5.10. The minimum atomic E-state index is -0.642. The first-order chi connectivity index (χ1) is 12.9. The molecular formula is C20H16Cl2N2O3. The fraction of sp³-hybridized carbons (Fsp3) is 0.150. The van der Waals surface area contributed by atoms with Crippen LogP contribution in [-0.2, 0) is 16.1 Å². The molecule has 0 saturated heterocycles. The molecule has 0 fully saturated rings. The van der Waals surface area contributed by atoms with Crippen molar-refractivity contribution in [2.24, 2.45) is 0 Å². The maximum atomic E-state index is 12.2. The van der Waals surface area contributed by atoms with E-state index in [1.807, 2.05) is 24.3 Å². The highest BCUT2D eigenvalue weighted by Crippen LogP contribution is 2.23. The van der Waals surface area contributed by atoms with Crippen molar-refractivity contribution in [3.8, 4) is 0 Å². The molecule has 1 heterocycles. The quantitative estimate of drug-likeness (QED) is 0.594. The third-order valence-electron chi connectivity index (χ3n) is 3.96. The molecule has 0 spiro atoms. The zero-order chi connectivity index (χ0) is 19.4. The Morgan fingerprint density at radius 1 is 1.04 bits per heavy atom. The summed E-state index contributed by atoms with van der Waals surface area (Å²) in [6, 6.07) is 16.0. The lowest BCUT2D eigenvalue weighted by atomic mass is 10.2. The molecule has 0 unspecified atom stereocenters. The Labute approximate surface area is 166 Å².